The summed E-state index contributed by atoms with van der Waals surface area (Å²) in [6.07, 6.45) is 1.82. The van der Waals surface area contributed by atoms with Crippen LogP contribution in [0.1, 0.15) is 25.8 Å². The van der Waals surface area contributed by atoms with Gasteiger partial charge in [-0.2, -0.15) is 0 Å². The van der Waals surface area contributed by atoms with E-state index in [1.165, 1.54) is 5.56 Å². The van der Waals surface area contributed by atoms with Gasteiger partial charge in [0.05, 0.1) is 0 Å². The number of nitrogens with two attached hydrogens (primary N) is 1. The molecule has 86 valence electrons. The van der Waals surface area contributed by atoms with Crippen LogP contribution in [0.15, 0.2) is 18.2 Å². The molecule has 1 unspecified atom stereocenters. The topological polar surface area (TPSA) is 46.3 Å². The maximum Gasteiger partial charge on any atom is 0.229 e. The van der Waals surface area contributed by atoms with Crippen LogP contribution in [0.4, 0.5) is 11.4 Å². The molecule has 1 aromatic carbocycles. The minimum absolute atomic E-state index is 0.0902. The number of nitrogens with zero attached hydrogens (tertiary/aromatic N) is 1. The highest BCUT2D eigenvalue weighted by Gasteiger charge is 2.27. The molecule has 1 aromatic rings. The number of carbonyl (C=O) groups excluding carboxylic acids is 1. The summed E-state index contributed by atoms with van der Waals surface area (Å²) >= 11 is 0. The van der Waals surface area contributed by atoms with Crippen molar-refractivity contribution in [2.45, 2.75) is 26.7 Å². The van der Waals surface area contributed by atoms with Crippen molar-refractivity contribution in [2.24, 2.45) is 5.92 Å². The van der Waals surface area contributed by atoms with E-state index in [0.717, 1.165) is 30.8 Å². The molecule has 0 radical (unpaired) electrons. The standard InChI is InChI=1S/C13H18N2O/c1-3-9(2)13(16)15-7-6-10-4-5-11(14)8-12(10)15/h4-5,8-9H,3,6-7,14H2,1-2H3. The maximum atomic E-state index is 12.1. The normalized spacial score (nSPS) is 16.0. The molecule has 0 fully saturated rings. The van der Waals surface area contributed by atoms with Crippen molar-refractivity contribution in [3.8, 4) is 0 Å². The van der Waals surface area contributed by atoms with Crippen LogP contribution in [0.25, 0.3) is 0 Å². The first-order valence-electron chi connectivity index (χ1n) is 5.83. The molecular formula is C13H18N2O. The fourth-order valence-electron chi connectivity index (χ4n) is 2.07. The number of anilines is 2. The predicted molar refractivity (Wildman–Crippen MR) is 66.4 cm³/mol. The molecule has 0 aromatic heterocycles. The van der Waals surface area contributed by atoms with Gasteiger partial charge >= 0.3 is 0 Å². The molecule has 16 heavy (non-hydrogen) atoms. The third kappa shape index (κ3) is 1.77. The van der Waals surface area contributed by atoms with Crippen molar-refractivity contribution in [1.82, 2.24) is 0 Å². The van der Waals surface area contributed by atoms with Gasteiger partial charge in [0.15, 0.2) is 0 Å². The Balaban J connectivity index is 2.29. The van der Waals surface area contributed by atoms with Crippen LogP contribution in [0, 0.1) is 5.92 Å². The quantitative estimate of drug-likeness (QED) is 0.773. The molecule has 1 amide bonds. The first kappa shape index (κ1) is 11.0. The average molecular weight is 218 g/mol. The molecule has 0 spiro atoms. The lowest BCUT2D eigenvalue weighted by Crippen LogP contribution is -2.33. The second-order valence-electron chi connectivity index (χ2n) is 4.44. The van der Waals surface area contributed by atoms with E-state index in [1.807, 2.05) is 36.9 Å². The van der Waals surface area contributed by atoms with Gasteiger partial charge in [0.25, 0.3) is 0 Å². The van der Waals surface area contributed by atoms with E-state index in [2.05, 4.69) is 0 Å². The summed E-state index contributed by atoms with van der Waals surface area (Å²) in [4.78, 5) is 14.0. The fraction of sp³-hybridized carbons (Fsp3) is 0.462. The lowest BCUT2D eigenvalue weighted by molar-refractivity contribution is -0.121. The molecular weight excluding hydrogens is 200 g/mol. The van der Waals surface area contributed by atoms with E-state index in [9.17, 15) is 4.79 Å². The Hall–Kier alpha value is -1.51. The highest BCUT2D eigenvalue weighted by molar-refractivity contribution is 5.97. The van der Waals surface area contributed by atoms with Crippen LogP contribution < -0.4 is 10.6 Å². The molecule has 0 bridgehead atoms. The molecule has 1 aliphatic rings. The Morgan fingerprint density at radius 1 is 1.56 bits per heavy atom. The zero-order valence-corrected chi connectivity index (χ0v) is 9.86. The Labute approximate surface area is 96.2 Å². The molecule has 1 atom stereocenters. The minimum Gasteiger partial charge on any atom is -0.399 e. The van der Waals surface area contributed by atoms with Crippen molar-refractivity contribution < 1.29 is 4.79 Å². The average Bonchev–Trinajstić information content (AvgIpc) is 2.69. The number of amides is 1. The number of rotatable bonds is 2. The van der Waals surface area contributed by atoms with E-state index in [4.69, 9.17) is 5.73 Å². The zero-order valence-electron chi connectivity index (χ0n) is 9.86. The van der Waals surface area contributed by atoms with Crippen LogP contribution in [0.3, 0.4) is 0 Å². The summed E-state index contributed by atoms with van der Waals surface area (Å²) in [6, 6.07) is 5.83. The van der Waals surface area contributed by atoms with Crippen LogP contribution in [0.2, 0.25) is 0 Å². The summed E-state index contributed by atoms with van der Waals surface area (Å²) in [7, 11) is 0. The molecule has 3 nitrogen and oxygen atoms in total. The van der Waals surface area contributed by atoms with E-state index in [-0.39, 0.29) is 11.8 Å². The van der Waals surface area contributed by atoms with Crippen LogP contribution in [-0.4, -0.2) is 12.5 Å². The second kappa shape index (κ2) is 4.16. The van der Waals surface area contributed by atoms with E-state index in [1.54, 1.807) is 0 Å². The summed E-state index contributed by atoms with van der Waals surface area (Å²) in [5.41, 5.74) is 8.72. The van der Waals surface area contributed by atoms with Crippen molar-refractivity contribution in [2.75, 3.05) is 17.2 Å². The molecule has 0 saturated heterocycles. The molecule has 2 N–H and O–H groups in total. The summed E-state index contributed by atoms with van der Waals surface area (Å²) in [5.74, 6) is 0.305. The zero-order chi connectivity index (χ0) is 11.7. The second-order valence-corrected chi connectivity index (χ2v) is 4.44. The Kier molecular flexibility index (Phi) is 2.86. The van der Waals surface area contributed by atoms with E-state index < -0.39 is 0 Å². The number of nitrogen functional groups attached to an aromatic ring is 1. The first-order chi connectivity index (χ1) is 7.63. The summed E-state index contributed by atoms with van der Waals surface area (Å²) in [6.45, 7) is 4.81. The maximum absolute atomic E-state index is 12.1. The summed E-state index contributed by atoms with van der Waals surface area (Å²) in [5, 5.41) is 0. The minimum atomic E-state index is 0.0902. The number of hydrogen-bond donors (Lipinski definition) is 1. The van der Waals surface area contributed by atoms with Gasteiger partial charge in [0.1, 0.15) is 0 Å². The molecule has 0 aliphatic carbocycles. The van der Waals surface area contributed by atoms with Gasteiger partial charge in [-0.25, -0.2) is 0 Å². The van der Waals surface area contributed by atoms with Gasteiger partial charge in [-0.05, 0) is 30.5 Å². The molecule has 2 rings (SSSR count). The number of benzene rings is 1. The van der Waals surface area contributed by atoms with Crippen LogP contribution in [-0.2, 0) is 11.2 Å². The fourth-order valence-corrected chi connectivity index (χ4v) is 2.07. The van der Waals surface area contributed by atoms with Crippen molar-refractivity contribution in [3.05, 3.63) is 23.8 Å². The van der Waals surface area contributed by atoms with Crippen molar-refractivity contribution in [3.63, 3.8) is 0 Å². The van der Waals surface area contributed by atoms with Crippen molar-refractivity contribution >= 4 is 17.3 Å². The monoisotopic (exact) mass is 218 g/mol. The SMILES string of the molecule is CCC(C)C(=O)N1CCc2ccc(N)cc21. The number of fused-ring (bicyclic) bond motifs is 1. The smallest absolute Gasteiger partial charge is 0.229 e. The largest absolute Gasteiger partial charge is 0.399 e. The third-order valence-electron chi connectivity index (χ3n) is 3.30. The van der Waals surface area contributed by atoms with E-state index in [0.29, 0.717) is 0 Å². The lowest BCUT2D eigenvalue weighted by atomic mass is 10.1. The van der Waals surface area contributed by atoms with Crippen LogP contribution >= 0.6 is 0 Å². The Bertz CT molecular complexity index is 414. The van der Waals surface area contributed by atoms with Gasteiger partial charge in [0, 0.05) is 23.8 Å². The highest BCUT2D eigenvalue weighted by Crippen LogP contribution is 2.31. The van der Waals surface area contributed by atoms with Crippen LogP contribution in [0.5, 0.6) is 0 Å². The number of hydrogen-bond acceptors (Lipinski definition) is 2. The van der Waals surface area contributed by atoms with Crippen molar-refractivity contribution in [1.29, 1.82) is 0 Å². The molecule has 0 saturated carbocycles. The molecule has 3 heteroatoms. The highest BCUT2D eigenvalue weighted by atomic mass is 16.2. The van der Waals surface area contributed by atoms with Gasteiger partial charge in [0.2, 0.25) is 5.91 Å². The third-order valence-corrected chi connectivity index (χ3v) is 3.30. The van der Waals surface area contributed by atoms with Gasteiger partial charge in [-0.15, -0.1) is 0 Å². The summed E-state index contributed by atoms with van der Waals surface area (Å²) < 4.78 is 0. The van der Waals surface area contributed by atoms with E-state index >= 15 is 0 Å². The molecule has 1 heterocycles. The van der Waals surface area contributed by atoms with Gasteiger partial charge in [-0.3, -0.25) is 4.79 Å². The predicted octanol–water partition coefficient (Wildman–Crippen LogP) is 2.20. The molecule has 1 aliphatic heterocycles. The lowest BCUT2D eigenvalue weighted by Gasteiger charge is -2.21. The van der Waals surface area contributed by atoms with Gasteiger partial charge < -0.3 is 10.6 Å². The Morgan fingerprint density at radius 3 is 3.00 bits per heavy atom. The first-order valence-corrected chi connectivity index (χ1v) is 5.83. The van der Waals surface area contributed by atoms with Gasteiger partial charge in [-0.1, -0.05) is 19.9 Å². The number of carbonyl (C=O) groups is 1. The Morgan fingerprint density at radius 2 is 2.31 bits per heavy atom.